The van der Waals surface area contributed by atoms with Crippen molar-refractivity contribution in [3.63, 3.8) is 0 Å². The first-order chi connectivity index (χ1) is 21.4. The molecular formula is C31H28F4N6O4. The van der Waals surface area contributed by atoms with Gasteiger partial charge in [0.1, 0.15) is 11.4 Å². The first kappa shape index (κ1) is 31.2. The van der Waals surface area contributed by atoms with Crippen molar-refractivity contribution >= 4 is 23.5 Å². The van der Waals surface area contributed by atoms with Crippen molar-refractivity contribution < 1.29 is 27.1 Å². The van der Waals surface area contributed by atoms with Crippen LogP contribution in [0.1, 0.15) is 42.4 Å². The molecule has 14 heteroatoms. The van der Waals surface area contributed by atoms with E-state index in [1.54, 1.807) is 13.8 Å². The number of amides is 1. The zero-order valence-corrected chi connectivity index (χ0v) is 24.2. The molecule has 1 amide bonds. The largest absolute Gasteiger partial charge is 0.452 e. The molecule has 234 valence electrons. The Balaban J connectivity index is 1.42. The summed E-state index contributed by atoms with van der Waals surface area (Å²) in [5.74, 6) is -5.45. The van der Waals surface area contributed by atoms with Crippen LogP contribution in [0.4, 0.5) is 28.9 Å². The molecule has 1 aliphatic heterocycles. The average Bonchev–Trinajstić information content (AvgIpc) is 3.35. The van der Waals surface area contributed by atoms with Crippen molar-refractivity contribution in [3.05, 3.63) is 105 Å². The zero-order chi connectivity index (χ0) is 32.5. The third kappa shape index (κ3) is 6.64. The van der Waals surface area contributed by atoms with E-state index >= 15 is 4.39 Å². The Kier molecular flexibility index (Phi) is 8.57. The van der Waals surface area contributed by atoms with Gasteiger partial charge in [-0.05, 0) is 50.2 Å². The maximum absolute atomic E-state index is 15.2. The molecule has 0 spiro atoms. The quantitative estimate of drug-likeness (QED) is 0.192. The van der Waals surface area contributed by atoms with Gasteiger partial charge in [0.25, 0.3) is 17.4 Å². The molecule has 4 aromatic rings. The van der Waals surface area contributed by atoms with Gasteiger partial charge in [-0.25, -0.2) is 26.9 Å². The van der Waals surface area contributed by atoms with Gasteiger partial charge in [0, 0.05) is 55.7 Å². The van der Waals surface area contributed by atoms with Gasteiger partial charge >= 0.3 is 5.69 Å². The van der Waals surface area contributed by atoms with Crippen molar-refractivity contribution in [3.8, 4) is 17.2 Å². The summed E-state index contributed by atoms with van der Waals surface area (Å²) >= 11 is 0. The normalized spacial score (nSPS) is 14.1. The molecule has 2 aromatic carbocycles. The summed E-state index contributed by atoms with van der Waals surface area (Å²) in [5, 5.41) is 9.87. The second-order valence-electron chi connectivity index (χ2n) is 10.7. The van der Waals surface area contributed by atoms with Crippen molar-refractivity contribution in [2.24, 2.45) is 0 Å². The monoisotopic (exact) mass is 624 g/mol. The zero-order valence-electron chi connectivity index (χ0n) is 24.2. The summed E-state index contributed by atoms with van der Waals surface area (Å²) in [6.07, 6.45) is 3.32. The average molecular weight is 625 g/mol. The molecule has 1 aliphatic rings. The van der Waals surface area contributed by atoms with Crippen molar-refractivity contribution in [1.82, 2.24) is 14.1 Å². The number of nitrogens with one attached hydrogen (secondary N) is 2. The molecule has 5 rings (SSSR count). The second-order valence-corrected chi connectivity index (χ2v) is 10.7. The molecule has 0 bridgehead atoms. The highest BCUT2D eigenvalue weighted by Gasteiger charge is 2.38. The number of hydrogen-bond donors (Lipinski definition) is 2. The number of alkyl halides is 2. The maximum Gasteiger partial charge on any atom is 0.335 e. The van der Waals surface area contributed by atoms with Gasteiger partial charge < -0.3 is 20.4 Å². The van der Waals surface area contributed by atoms with Crippen molar-refractivity contribution in [2.45, 2.75) is 38.7 Å². The predicted octanol–water partition coefficient (Wildman–Crippen LogP) is 5.34. The van der Waals surface area contributed by atoms with Crippen LogP contribution in [0.3, 0.4) is 0 Å². The second kappa shape index (κ2) is 12.4. The topological polar surface area (TPSA) is 122 Å². The van der Waals surface area contributed by atoms with Gasteiger partial charge in [0.15, 0.2) is 17.3 Å². The number of rotatable bonds is 9. The van der Waals surface area contributed by atoms with Crippen LogP contribution in [0, 0.1) is 17.0 Å². The van der Waals surface area contributed by atoms with E-state index in [1.165, 1.54) is 46.0 Å². The van der Waals surface area contributed by atoms with E-state index in [2.05, 4.69) is 10.3 Å². The van der Waals surface area contributed by atoms with Gasteiger partial charge in [0.2, 0.25) is 0 Å². The van der Waals surface area contributed by atoms with E-state index in [1.807, 2.05) is 0 Å². The minimum Gasteiger partial charge on any atom is -0.452 e. The van der Waals surface area contributed by atoms with Crippen LogP contribution in [0.2, 0.25) is 0 Å². The van der Waals surface area contributed by atoms with E-state index in [9.17, 15) is 27.6 Å². The van der Waals surface area contributed by atoms with Crippen molar-refractivity contribution in [1.29, 1.82) is 5.41 Å². The predicted molar refractivity (Wildman–Crippen MR) is 160 cm³/mol. The fourth-order valence-electron chi connectivity index (χ4n) is 4.82. The molecule has 0 aliphatic carbocycles. The Morgan fingerprint density at radius 1 is 1.09 bits per heavy atom. The summed E-state index contributed by atoms with van der Waals surface area (Å²) in [6.45, 7) is 2.96. The minimum atomic E-state index is -2.85. The van der Waals surface area contributed by atoms with Crippen molar-refractivity contribution in [2.75, 3.05) is 23.3 Å². The molecule has 1 saturated heterocycles. The number of nitrogens with zero attached hydrogens (tertiary/aromatic N) is 4. The van der Waals surface area contributed by atoms with Crippen LogP contribution in [0.25, 0.3) is 5.69 Å². The number of benzene rings is 2. The number of aromatic nitrogens is 3. The summed E-state index contributed by atoms with van der Waals surface area (Å²) in [7, 11) is 0. The third-order valence-corrected chi connectivity index (χ3v) is 7.16. The Labute approximate surface area is 254 Å². The Hall–Kier alpha value is -5.27. The van der Waals surface area contributed by atoms with Gasteiger partial charge in [-0.1, -0.05) is 0 Å². The number of pyridine rings is 1. The summed E-state index contributed by atoms with van der Waals surface area (Å²) in [6, 6.07) is 9.13. The molecule has 45 heavy (non-hydrogen) atoms. The summed E-state index contributed by atoms with van der Waals surface area (Å²) in [4.78, 5) is 45.2. The maximum atomic E-state index is 15.2. The van der Waals surface area contributed by atoms with Gasteiger partial charge in [-0.2, -0.15) is 0 Å². The lowest BCUT2D eigenvalue weighted by Crippen LogP contribution is -2.42. The molecule has 10 nitrogen and oxygen atoms in total. The third-order valence-electron chi connectivity index (χ3n) is 7.16. The smallest absolute Gasteiger partial charge is 0.335 e. The molecular weight excluding hydrogens is 596 g/mol. The highest BCUT2D eigenvalue weighted by atomic mass is 19.3. The number of ether oxygens (including phenoxy) is 1. The van der Waals surface area contributed by atoms with E-state index in [-0.39, 0.29) is 48.0 Å². The molecule has 0 saturated carbocycles. The Morgan fingerprint density at radius 3 is 2.44 bits per heavy atom. The molecule has 0 unspecified atom stereocenters. The van der Waals surface area contributed by atoms with Crippen LogP contribution >= 0.6 is 0 Å². The molecule has 1 fully saturated rings. The summed E-state index contributed by atoms with van der Waals surface area (Å²) in [5.41, 5.74) is -1.44. The lowest BCUT2D eigenvalue weighted by Gasteiger charge is -2.20. The van der Waals surface area contributed by atoms with Crippen LogP contribution < -0.4 is 26.2 Å². The van der Waals surface area contributed by atoms with Gasteiger partial charge in [-0.15, -0.1) is 0 Å². The SMILES string of the molecule is CC(C)n1cc(C(=O)Nc2ccc(Oc3cc(N4CCC(F)(F)C4)cnc3CC=N)c(F)c2)c(=O)n(-c2ccc(F)cc2)c1=O. The van der Waals surface area contributed by atoms with E-state index < -0.39 is 52.9 Å². The molecule has 2 aromatic heterocycles. The highest BCUT2D eigenvalue weighted by molar-refractivity contribution is 6.03. The summed E-state index contributed by atoms with van der Waals surface area (Å²) < 4.78 is 64.0. The van der Waals surface area contributed by atoms with E-state index in [4.69, 9.17) is 10.1 Å². The lowest BCUT2D eigenvalue weighted by molar-refractivity contribution is 0.0257. The number of carbonyl (C=O) groups is 1. The van der Waals surface area contributed by atoms with Crippen LogP contribution in [0.5, 0.6) is 11.5 Å². The molecule has 2 N–H and O–H groups in total. The number of hydrogen-bond acceptors (Lipinski definition) is 7. The Bertz CT molecular complexity index is 1890. The number of carbonyl (C=O) groups excluding carboxylic acids is 1. The number of halogens is 4. The molecule has 0 radical (unpaired) electrons. The van der Waals surface area contributed by atoms with E-state index in [0.29, 0.717) is 5.69 Å². The fourth-order valence-corrected chi connectivity index (χ4v) is 4.82. The lowest BCUT2D eigenvalue weighted by atomic mass is 10.2. The minimum absolute atomic E-state index is 0.0363. The standard InChI is InChI=1S/C31H28F4N6O4/c1-18(2)40-16-23(29(43)41(30(40)44)21-6-3-19(32)4-7-21)28(42)38-20-5-8-26(24(33)13-20)45-27-14-22(15-37-25(27)9-11-36)39-12-10-31(34,35)17-39/h3-8,11,13-16,18,36H,9-10,12,17H2,1-2H3,(H,38,42). The first-order valence-corrected chi connectivity index (χ1v) is 13.9. The van der Waals surface area contributed by atoms with Crippen LogP contribution in [-0.4, -0.2) is 45.3 Å². The molecule has 3 heterocycles. The Morgan fingerprint density at radius 2 is 1.82 bits per heavy atom. The molecule has 0 atom stereocenters. The first-order valence-electron chi connectivity index (χ1n) is 13.9. The van der Waals surface area contributed by atoms with Gasteiger partial charge in [0.05, 0.1) is 29.8 Å². The van der Waals surface area contributed by atoms with Crippen LogP contribution in [0.15, 0.2) is 70.5 Å². The fraction of sp³-hybridized carbons (Fsp3) is 0.258. The van der Waals surface area contributed by atoms with Crippen LogP contribution in [-0.2, 0) is 6.42 Å². The van der Waals surface area contributed by atoms with E-state index in [0.717, 1.165) is 35.2 Å². The van der Waals surface area contributed by atoms with Gasteiger partial charge in [-0.3, -0.25) is 19.1 Å². The highest BCUT2D eigenvalue weighted by Crippen LogP contribution is 2.35. The number of anilines is 2.